The topological polar surface area (TPSA) is 46.9 Å². The molecular formula is C26H39N3O. The third kappa shape index (κ3) is 3.15. The molecular weight excluding hydrogens is 370 g/mol. The first kappa shape index (κ1) is 19.4. The van der Waals surface area contributed by atoms with Crippen molar-refractivity contribution in [2.45, 2.75) is 115 Å². The molecule has 4 nitrogen and oxygen atoms in total. The first-order valence-electron chi connectivity index (χ1n) is 13.0. The van der Waals surface area contributed by atoms with Crippen LogP contribution in [0.3, 0.4) is 0 Å². The highest BCUT2D eigenvalue weighted by Gasteiger charge is 2.53. The van der Waals surface area contributed by atoms with Gasteiger partial charge in [-0.1, -0.05) is 19.3 Å². The van der Waals surface area contributed by atoms with E-state index in [9.17, 15) is 4.79 Å². The Balaban J connectivity index is 1.24. The Kier molecular flexibility index (Phi) is 4.76. The van der Waals surface area contributed by atoms with Gasteiger partial charge < -0.3 is 5.32 Å². The van der Waals surface area contributed by atoms with Gasteiger partial charge in [0.15, 0.2) is 5.69 Å². The molecule has 0 radical (unpaired) electrons. The average Bonchev–Trinajstić information content (AvgIpc) is 3.13. The predicted molar refractivity (Wildman–Crippen MR) is 119 cm³/mol. The van der Waals surface area contributed by atoms with Gasteiger partial charge in [0.1, 0.15) is 0 Å². The molecule has 6 aliphatic carbocycles. The highest BCUT2D eigenvalue weighted by Crippen LogP contribution is 2.61. The average molecular weight is 410 g/mol. The third-order valence-electron chi connectivity index (χ3n) is 9.70. The summed E-state index contributed by atoms with van der Waals surface area (Å²) in [5.74, 6) is 2.89. The van der Waals surface area contributed by atoms with E-state index in [0.29, 0.717) is 11.5 Å². The molecule has 164 valence electrons. The van der Waals surface area contributed by atoms with Crippen molar-refractivity contribution in [2.75, 3.05) is 0 Å². The summed E-state index contributed by atoms with van der Waals surface area (Å²) < 4.78 is 2.30. The van der Waals surface area contributed by atoms with Gasteiger partial charge in [-0.3, -0.25) is 9.48 Å². The Hall–Kier alpha value is -1.32. The van der Waals surface area contributed by atoms with Gasteiger partial charge in [0, 0.05) is 17.3 Å². The fraction of sp³-hybridized carbons (Fsp3) is 0.846. The molecule has 7 rings (SSSR count). The lowest BCUT2D eigenvalue weighted by Crippen LogP contribution is -2.55. The van der Waals surface area contributed by atoms with Crippen LogP contribution in [-0.4, -0.2) is 21.7 Å². The van der Waals surface area contributed by atoms with Gasteiger partial charge in [-0.25, -0.2) is 0 Å². The van der Waals surface area contributed by atoms with Crippen LogP contribution in [-0.2, 0) is 12.8 Å². The zero-order chi connectivity index (χ0) is 20.3. The molecule has 30 heavy (non-hydrogen) atoms. The molecule has 5 fully saturated rings. The first-order valence-corrected chi connectivity index (χ1v) is 13.0. The van der Waals surface area contributed by atoms with E-state index in [2.05, 4.69) is 16.9 Å². The molecule has 4 heteroatoms. The molecule has 5 saturated carbocycles. The fourth-order valence-corrected chi connectivity index (χ4v) is 8.56. The minimum Gasteiger partial charge on any atom is -0.348 e. The standard InChI is InChI=1S/C26H39N3O/c1-17(26-14-18-11-19(15-26)13-20(12-18)16-26)27-25(30)24-22-9-5-6-10-23(22)29(28-24)21-7-3-2-4-8-21/h17-21H,2-16H2,1H3,(H,27,30)/t17-,18?,19?,20?,26?/m0/s1. The lowest BCUT2D eigenvalue weighted by molar-refractivity contribution is -0.0688. The Bertz CT molecular complexity index is 783. The van der Waals surface area contributed by atoms with E-state index < -0.39 is 0 Å². The molecule has 4 bridgehead atoms. The van der Waals surface area contributed by atoms with E-state index in [1.165, 1.54) is 94.7 Å². The lowest BCUT2D eigenvalue weighted by atomic mass is 9.48. The Morgan fingerprint density at radius 1 is 0.967 bits per heavy atom. The molecule has 1 atom stereocenters. The van der Waals surface area contributed by atoms with Gasteiger partial charge in [-0.15, -0.1) is 0 Å². The summed E-state index contributed by atoms with van der Waals surface area (Å²) >= 11 is 0. The summed E-state index contributed by atoms with van der Waals surface area (Å²) in [4.78, 5) is 13.5. The van der Waals surface area contributed by atoms with Crippen LogP contribution in [0.2, 0.25) is 0 Å². The van der Waals surface area contributed by atoms with Crippen LogP contribution in [0.4, 0.5) is 0 Å². The van der Waals surface area contributed by atoms with E-state index in [1.54, 1.807) is 0 Å². The Morgan fingerprint density at radius 3 is 2.27 bits per heavy atom. The Morgan fingerprint density at radius 2 is 1.60 bits per heavy atom. The number of amides is 1. The minimum atomic E-state index is 0.117. The van der Waals surface area contributed by atoms with Crippen molar-refractivity contribution in [3.8, 4) is 0 Å². The second-order valence-electron chi connectivity index (χ2n) is 11.7. The number of carbonyl (C=O) groups is 1. The van der Waals surface area contributed by atoms with Gasteiger partial charge in [0.25, 0.3) is 5.91 Å². The zero-order valence-electron chi connectivity index (χ0n) is 18.8. The maximum Gasteiger partial charge on any atom is 0.272 e. The monoisotopic (exact) mass is 409 g/mol. The van der Waals surface area contributed by atoms with Crippen LogP contribution in [0.15, 0.2) is 0 Å². The largest absolute Gasteiger partial charge is 0.348 e. The van der Waals surface area contributed by atoms with E-state index in [0.717, 1.165) is 36.3 Å². The molecule has 6 aliphatic rings. The lowest BCUT2D eigenvalue weighted by Gasteiger charge is -2.59. The Labute approximate surface area is 181 Å². The third-order valence-corrected chi connectivity index (χ3v) is 9.70. The molecule has 1 aromatic heterocycles. The molecule has 0 aromatic carbocycles. The van der Waals surface area contributed by atoms with Gasteiger partial charge in [-0.2, -0.15) is 5.10 Å². The normalized spacial score (nSPS) is 36.5. The van der Waals surface area contributed by atoms with Crippen LogP contribution in [0.25, 0.3) is 0 Å². The van der Waals surface area contributed by atoms with E-state index in [4.69, 9.17) is 5.10 Å². The van der Waals surface area contributed by atoms with Crippen molar-refractivity contribution >= 4 is 5.91 Å². The summed E-state index contributed by atoms with van der Waals surface area (Å²) in [6.45, 7) is 2.30. The zero-order valence-corrected chi connectivity index (χ0v) is 18.8. The summed E-state index contributed by atoms with van der Waals surface area (Å²) in [6.07, 6.45) is 19.4. The van der Waals surface area contributed by atoms with Crippen LogP contribution in [0.5, 0.6) is 0 Å². The summed E-state index contributed by atoms with van der Waals surface area (Å²) in [7, 11) is 0. The van der Waals surface area contributed by atoms with Crippen molar-refractivity contribution in [2.24, 2.45) is 23.2 Å². The molecule has 1 heterocycles. The van der Waals surface area contributed by atoms with Crippen molar-refractivity contribution in [1.82, 2.24) is 15.1 Å². The number of fused-ring (bicyclic) bond motifs is 1. The number of hydrogen-bond acceptors (Lipinski definition) is 2. The summed E-state index contributed by atoms with van der Waals surface area (Å²) in [5, 5.41) is 8.52. The maximum atomic E-state index is 13.5. The van der Waals surface area contributed by atoms with Crippen molar-refractivity contribution in [3.63, 3.8) is 0 Å². The number of carbonyl (C=O) groups excluding carboxylic acids is 1. The second kappa shape index (κ2) is 7.38. The van der Waals surface area contributed by atoms with E-state index in [-0.39, 0.29) is 11.9 Å². The van der Waals surface area contributed by atoms with Crippen molar-refractivity contribution < 1.29 is 4.79 Å². The second-order valence-corrected chi connectivity index (χ2v) is 11.7. The van der Waals surface area contributed by atoms with Crippen LogP contribution in [0.1, 0.15) is 118 Å². The SMILES string of the molecule is C[C@H](NC(=O)c1nn(C2CCCCC2)c2c1CCCC2)C12CC3CC(CC(C3)C1)C2. The molecule has 1 amide bonds. The molecule has 0 unspecified atom stereocenters. The highest BCUT2D eigenvalue weighted by atomic mass is 16.2. The van der Waals surface area contributed by atoms with E-state index in [1.807, 2.05) is 0 Å². The van der Waals surface area contributed by atoms with Crippen LogP contribution in [0, 0.1) is 23.2 Å². The van der Waals surface area contributed by atoms with Gasteiger partial charge in [0.05, 0.1) is 6.04 Å². The fourth-order valence-electron chi connectivity index (χ4n) is 8.56. The number of aromatic nitrogens is 2. The summed E-state index contributed by atoms with van der Waals surface area (Å²) in [5.41, 5.74) is 3.80. The van der Waals surface area contributed by atoms with Crippen molar-refractivity contribution in [3.05, 3.63) is 17.0 Å². The van der Waals surface area contributed by atoms with Crippen LogP contribution >= 0.6 is 0 Å². The maximum absolute atomic E-state index is 13.5. The number of rotatable bonds is 4. The summed E-state index contributed by atoms with van der Waals surface area (Å²) in [6, 6.07) is 0.796. The highest BCUT2D eigenvalue weighted by molar-refractivity contribution is 5.94. The van der Waals surface area contributed by atoms with Crippen LogP contribution < -0.4 is 5.32 Å². The van der Waals surface area contributed by atoms with Gasteiger partial charge in [-0.05, 0) is 107 Å². The number of nitrogens with one attached hydrogen (secondary N) is 1. The quantitative estimate of drug-likeness (QED) is 0.703. The van der Waals surface area contributed by atoms with Gasteiger partial charge >= 0.3 is 0 Å². The number of hydrogen-bond donors (Lipinski definition) is 1. The molecule has 0 saturated heterocycles. The smallest absolute Gasteiger partial charge is 0.272 e. The predicted octanol–water partition coefficient (Wildman–Crippen LogP) is 5.60. The van der Waals surface area contributed by atoms with E-state index >= 15 is 0 Å². The molecule has 0 aliphatic heterocycles. The molecule has 1 N–H and O–H groups in total. The molecule has 0 spiro atoms. The molecule has 1 aromatic rings. The minimum absolute atomic E-state index is 0.117. The number of nitrogens with zero attached hydrogens (tertiary/aromatic N) is 2. The van der Waals surface area contributed by atoms with Gasteiger partial charge in [0.2, 0.25) is 0 Å². The van der Waals surface area contributed by atoms with Crippen molar-refractivity contribution in [1.29, 1.82) is 0 Å². The first-order chi connectivity index (χ1) is 14.6.